The third-order valence-electron chi connectivity index (χ3n) is 4.78. The lowest BCUT2D eigenvalue weighted by molar-refractivity contribution is -0.126. The molecular weight excluding hydrogens is 322 g/mol. The predicted molar refractivity (Wildman–Crippen MR) is 88.7 cm³/mol. The van der Waals surface area contributed by atoms with Gasteiger partial charge < -0.3 is 4.90 Å². The third kappa shape index (κ3) is 2.48. The second-order valence-corrected chi connectivity index (χ2v) is 6.79. The maximum absolute atomic E-state index is 13.4. The lowest BCUT2D eigenvalue weighted by Crippen LogP contribution is -2.46. The molecule has 25 heavy (non-hydrogen) atoms. The van der Waals surface area contributed by atoms with Crippen molar-refractivity contribution >= 4 is 28.8 Å². The molecule has 2 aromatic heterocycles. The summed E-state index contributed by atoms with van der Waals surface area (Å²) in [5.41, 5.74) is 2.56. The molecule has 1 aliphatic heterocycles. The van der Waals surface area contributed by atoms with Gasteiger partial charge in [-0.15, -0.1) is 0 Å². The van der Waals surface area contributed by atoms with Crippen LogP contribution in [0.4, 0.5) is 0 Å². The number of hydrogen-bond acceptors (Lipinski definition) is 5. The van der Waals surface area contributed by atoms with E-state index in [1.54, 1.807) is 22.7 Å². The van der Waals surface area contributed by atoms with Gasteiger partial charge in [0.15, 0.2) is 5.65 Å². The van der Waals surface area contributed by atoms with Crippen LogP contribution in [0.1, 0.15) is 41.0 Å². The Morgan fingerprint density at radius 2 is 2.04 bits per heavy atom. The number of fused-ring (bicyclic) bond motifs is 1. The first-order valence-corrected chi connectivity index (χ1v) is 8.34. The number of aromatic nitrogens is 3. The van der Waals surface area contributed by atoms with Gasteiger partial charge in [0.2, 0.25) is 11.8 Å². The first-order chi connectivity index (χ1) is 11.9. The summed E-state index contributed by atoms with van der Waals surface area (Å²) in [6, 6.07) is 1.02. The number of rotatable bonds is 3. The van der Waals surface area contributed by atoms with Crippen LogP contribution in [-0.4, -0.2) is 49.5 Å². The molecule has 0 aromatic carbocycles. The fourth-order valence-electron chi connectivity index (χ4n) is 3.56. The number of carbonyl (C=O) groups is 3. The van der Waals surface area contributed by atoms with Crippen LogP contribution in [0.25, 0.3) is 11.0 Å². The minimum Gasteiger partial charge on any atom is -0.323 e. The first-order valence-electron chi connectivity index (χ1n) is 8.34. The van der Waals surface area contributed by atoms with Crippen LogP contribution in [0, 0.1) is 13.8 Å². The molecule has 1 aliphatic carbocycles. The fourth-order valence-corrected chi connectivity index (χ4v) is 3.56. The Labute approximate surface area is 144 Å². The molecule has 1 saturated heterocycles. The Balaban J connectivity index is 1.83. The summed E-state index contributed by atoms with van der Waals surface area (Å²) in [6.07, 6.45) is 1.73. The highest BCUT2D eigenvalue weighted by Gasteiger charge is 2.45. The van der Waals surface area contributed by atoms with Crippen LogP contribution in [0.2, 0.25) is 0 Å². The van der Waals surface area contributed by atoms with Crippen LogP contribution >= 0.6 is 0 Å². The molecule has 3 heterocycles. The molecule has 2 aliphatic rings. The summed E-state index contributed by atoms with van der Waals surface area (Å²) < 4.78 is 1.65. The summed E-state index contributed by atoms with van der Waals surface area (Å²) in [5, 5.41) is 7.37. The average molecular weight is 341 g/mol. The van der Waals surface area contributed by atoms with Gasteiger partial charge in [-0.3, -0.25) is 24.4 Å². The van der Waals surface area contributed by atoms with Gasteiger partial charge >= 0.3 is 0 Å². The van der Waals surface area contributed by atoms with Crippen molar-refractivity contribution in [3.8, 4) is 0 Å². The standard InChI is InChI=1S/C17H19N5O3/c1-8-6-11(14-9(2)20-21(3)15(14)18-8)17(25)22(10-4-5-10)12-7-13(23)19-16(12)24/h6,10,12H,4-5,7H2,1-3H3,(H,19,23,24)/t12-/m0/s1. The summed E-state index contributed by atoms with van der Waals surface area (Å²) >= 11 is 0. The van der Waals surface area contributed by atoms with Crippen LogP contribution in [0.15, 0.2) is 6.07 Å². The average Bonchev–Trinajstić information content (AvgIpc) is 3.26. The minimum absolute atomic E-state index is 0.00893. The minimum atomic E-state index is -0.729. The Morgan fingerprint density at radius 3 is 2.64 bits per heavy atom. The van der Waals surface area contributed by atoms with E-state index in [1.807, 2.05) is 13.8 Å². The van der Waals surface area contributed by atoms with Crippen molar-refractivity contribution in [2.75, 3.05) is 0 Å². The van der Waals surface area contributed by atoms with Gasteiger partial charge in [-0.25, -0.2) is 4.98 Å². The predicted octanol–water partition coefficient (Wildman–Crippen LogP) is 0.605. The highest BCUT2D eigenvalue weighted by molar-refractivity contribution is 6.11. The van der Waals surface area contributed by atoms with E-state index < -0.39 is 11.9 Å². The Morgan fingerprint density at radius 1 is 1.32 bits per heavy atom. The van der Waals surface area contributed by atoms with Gasteiger partial charge in [-0.1, -0.05) is 0 Å². The number of aryl methyl sites for hydroxylation is 3. The smallest absolute Gasteiger partial charge is 0.255 e. The molecule has 130 valence electrons. The zero-order valence-electron chi connectivity index (χ0n) is 14.4. The highest BCUT2D eigenvalue weighted by Crippen LogP contribution is 2.34. The molecule has 1 N–H and O–H groups in total. The Bertz CT molecular complexity index is 928. The summed E-state index contributed by atoms with van der Waals surface area (Å²) in [6.45, 7) is 3.66. The van der Waals surface area contributed by atoms with Gasteiger partial charge in [0, 0.05) is 18.8 Å². The second kappa shape index (κ2) is 5.37. The van der Waals surface area contributed by atoms with E-state index >= 15 is 0 Å². The van der Waals surface area contributed by atoms with Crippen molar-refractivity contribution in [3.05, 3.63) is 23.0 Å². The van der Waals surface area contributed by atoms with E-state index in [0.29, 0.717) is 22.3 Å². The molecule has 0 unspecified atom stereocenters. The third-order valence-corrected chi connectivity index (χ3v) is 4.78. The molecule has 0 bridgehead atoms. The van der Waals surface area contributed by atoms with Crippen molar-refractivity contribution in [2.24, 2.45) is 7.05 Å². The van der Waals surface area contributed by atoms with Gasteiger partial charge in [0.05, 0.1) is 23.1 Å². The van der Waals surface area contributed by atoms with Gasteiger partial charge in [-0.2, -0.15) is 5.10 Å². The number of imide groups is 1. The second-order valence-electron chi connectivity index (χ2n) is 6.79. The molecule has 0 radical (unpaired) electrons. The van der Waals surface area contributed by atoms with Crippen molar-refractivity contribution < 1.29 is 14.4 Å². The van der Waals surface area contributed by atoms with Gasteiger partial charge in [0.25, 0.3) is 5.91 Å². The molecule has 2 aromatic rings. The molecule has 2 fully saturated rings. The molecule has 1 atom stereocenters. The van der Waals surface area contributed by atoms with Crippen molar-refractivity contribution in [1.82, 2.24) is 25.0 Å². The number of nitrogens with one attached hydrogen (secondary N) is 1. The van der Waals surface area contributed by atoms with Gasteiger partial charge in [0.1, 0.15) is 6.04 Å². The largest absolute Gasteiger partial charge is 0.323 e. The molecule has 0 spiro atoms. The molecule has 1 saturated carbocycles. The van der Waals surface area contributed by atoms with E-state index in [0.717, 1.165) is 18.5 Å². The lowest BCUT2D eigenvalue weighted by Gasteiger charge is -2.27. The molecular formula is C17H19N5O3. The zero-order chi connectivity index (χ0) is 17.9. The SMILES string of the molecule is Cc1cc(C(=O)N(C2CC2)[C@H]2CC(=O)NC2=O)c2c(C)nn(C)c2n1. The van der Waals surface area contributed by atoms with E-state index in [9.17, 15) is 14.4 Å². The summed E-state index contributed by atoms with van der Waals surface area (Å²) in [4.78, 5) is 43.2. The van der Waals surface area contributed by atoms with Crippen LogP contribution < -0.4 is 5.32 Å². The van der Waals surface area contributed by atoms with Crippen LogP contribution in [-0.2, 0) is 16.6 Å². The number of carbonyl (C=O) groups excluding carboxylic acids is 3. The zero-order valence-corrected chi connectivity index (χ0v) is 14.4. The van der Waals surface area contributed by atoms with E-state index in [2.05, 4.69) is 15.4 Å². The molecule has 8 heteroatoms. The summed E-state index contributed by atoms with van der Waals surface area (Å²) in [7, 11) is 1.79. The molecule has 3 amide bonds. The van der Waals surface area contributed by atoms with Crippen molar-refractivity contribution in [3.63, 3.8) is 0 Å². The molecule has 8 nitrogen and oxygen atoms in total. The maximum Gasteiger partial charge on any atom is 0.255 e. The lowest BCUT2D eigenvalue weighted by atomic mass is 10.1. The van der Waals surface area contributed by atoms with E-state index in [1.165, 1.54) is 0 Å². The van der Waals surface area contributed by atoms with Crippen LogP contribution in [0.5, 0.6) is 0 Å². The van der Waals surface area contributed by atoms with Crippen LogP contribution in [0.3, 0.4) is 0 Å². The quantitative estimate of drug-likeness (QED) is 0.825. The highest BCUT2D eigenvalue weighted by atomic mass is 16.2. The fraction of sp³-hybridized carbons (Fsp3) is 0.471. The van der Waals surface area contributed by atoms with Gasteiger partial charge in [-0.05, 0) is 32.8 Å². The number of hydrogen-bond donors (Lipinski definition) is 1. The summed E-state index contributed by atoms with van der Waals surface area (Å²) in [5.74, 6) is -0.957. The maximum atomic E-state index is 13.4. The van der Waals surface area contributed by atoms with E-state index in [4.69, 9.17) is 0 Å². The normalized spacial score (nSPS) is 20.2. The number of nitrogens with zero attached hydrogens (tertiary/aromatic N) is 4. The Kier molecular flexibility index (Phi) is 3.38. The first kappa shape index (κ1) is 15.7. The Hall–Kier alpha value is -2.77. The number of pyridine rings is 1. The number of amides is 3. The van der Waals surface area contributed by atoms with E-state index in [-0.39, 0.29) is 24.3 Å². The topological polar surface area (TPSA) is 97.2 Å². The van der Waals surface area contributed by atoms with Crippen molar-refractivity contribution in [2.45, 2.75) is 45.2 Å². The monoisotopic (exact) mass is 341 g/mol. The molecule has 4 rings (SSSR count). The van der Waals surface area contributed by atoms with Crippen molar-refractivity contribution in [1.29, 1.82) is 0 Å².